The van der Waals surface area contributed by atoms with Gasteiger partial charge < -0.3 is 9.47 Å². The van der Waals surface area contributed by atoms with Crippen LogP contribution in [0.1, 0.15) is 65.2 Å². The second kappa shape index (κ2) is 6.82. The molecular weight excluding hydrogens is 352 g/mol. The first-order valence-electron chi connectivity index (χ1n) is 10.8. The number of methoxy groups -OCH3 is 1. The van der Waals surface area contributed by atoms with Gasteiger partial charge in [0.1, 0.15) is 12.7 Å². The van der Waals surface area contributed by atoms with Gasteiger partial charge in [-0.3, -0.25) is 4.79 Å². The maximum atomic E-state index is 12.5. The summed E-state index contributed by atoms with van der Waals surface area (Å²) < 4.78 is 11.2. The second-order valence-corrected chi connectivity index (χ2v) is 10.1. The van der Waals surface area contributed by atoms with Crippen LogP contribution in [0.2, 0.25) is 0 Å². The summed E-state index contributed by atoms with van der Waals surface area (Å²) in [7, 11) is 1.67. The van der Waals surface area contributed by atoms with Crippen LogP contribution in [0, 0.1) is 62.6 Å². The van der Waals surface area contributed by atoms with Crippen LogP contribution in [-0.2, 0) is 14.3 Å². The molecule has 4 aliphatic rings. The van der Waals surface area contributed by atoms with Crippen molar-refractivity contribution in [1.82, 2.24) is 0 Å². The van der Waals surface area contributed by atoms with Crippen LogP contribution >= 0.6 is 0 Å². The Hall–Kier alpha value is -1.43. The molecule has 4 rings (SSSR count). The average Bonchev–Trinajstić information content (AvgIpc) is 3.03. The van der Waals surface area contributed by atoms with Gasteiger partial charge in [0.25, 0.3) is 0 Å². The van der Waals surface area contributed by atoms with Gasteiger partial charge in [0.05, 0.1) is 23.7 Å². The van der Waals surface area contributed by atoms with E-state index < -0.39 is 11.3 Å². The van der Waals surface area contributed by atoms with Gasteiger partial charge in [-0.1, -0.05) is 13.8 Å². The van der Waals surface area contributed by atoms with Crippen LogP contribution in [0.25, 0.3) is 0 Å². The summed E-state index contributed by atoms with van der Waals surface area (Å²) in [6.45, 7) is 4.96. The van der Waals surface area contributed by atoms with E-state index in [2.05, 4.69) is 26.0 Å². The Morgan fingerprint density at radius 1 is 1.07 bits per heavy atom. The van der Waals surface area contributed by atoms with Gasteiger partial charge >= 0.3 is 0 Å². The highest BCUT2D eigenvalue weighted by atomic mass is 16.7. The molecule has 8 atom stereocenters. The number of hydrogen-bond donors (Lipinski definition) is 0. The standard InChI is InChI=1S/C23H32N2O3/c1-21-9-7-17-15(16(21)4-5-20(21)28-14-27-3)6-11-23(13-25)18(12-24)19(26)8-10-22(17,23)2/h15-18,20H,4-11,14H2,1-3H3/t15-,16-,17-,18?,20-,21-,22+,23?/m0/s1. The molecular formula is C23H32N2O3. The molecule has 5 heteroatoms. The Balaban J connectivity index is 1.67. The molecule has 2 unspecified atom stereocenters. The molecule has 0 heterocycles. The van der Waals surface area contributed by atoms with Crippen molar-refractivity contribution in [2.45, 2.75) is 71.3 Å². The van der Waals surface area contributed by atoms with Crippen LogP contribution in [0.3, 0.4) is 0 Å². The second-order valence-electron chi connectivity index (χ2n) is 10.1. The molecule has 0 N–H and O–H groups in total. The third-order valence-corrected chi connectivity index (χ3v) is 9.48. The number of ketones is 1. The summed E-state index contributed by atoms with van der Waals surface area (Å²) in [5.74, 6) is 0.805. The van der Waals surface area contributed by atoms with Crippen molar-refractivity contribution in [2.24, 2.45) is 39.9 Å². The zero-order valence-corrected chi connectivity index (χ0v) is 17.4. The predicted octanol–water partition coefficient (Wildman–Crippen LogP) is 4.23. The van der Waals surface area contributed by atoms with Crippen LogP contribution < -0.4 is 0 Å². The van der Waals surface area contributed by atoms with E-state index in [0.717, 1.165) is 32.1 Å². The highest BCUT2D eigenvalue weighted by molar-refractivity contribution is 5.86. The number of Topliss-reactive ketones (excluding diaryl/α,β-unsaturated/α-hetero) is 1. The number of carbonyl (C=O) groups is 1. The van der Waals surface area contributed by atoms with Crippen molar-refractivity contribution >= 4 is 5.78 Å². The molecule has 28 heavy (non-hydrogen) atoms. The highest BCUT2D eigenvalue weighted by Crippen LogP contribution is 2.70. The Morgan fingerprint density at radius 2 is 1.86 bits per heavy atom. The molecule has 5 nitrogen and oxygen atoms in total. The normalized spacial score (nSPS) is 50.0. The van der Waals surface area contributed by atoms with Crippen LogP contribution in [0.15, 0.2) is 0 Å². The molecule has 4 aliphatic carbocycles. The van der Waals surface area contributed by atoms with Gasteiger partial charge in [-0.15, -0.1) is 0 Å². The van der Waals surface area contributed by atoms with Crippen molar-refractivity contribution in [3.63, 3.8) is 0 Å². The fourth-order valence-corrected chi connectivity index (χ4v) is 7.98. The van der Waals surface area contributed by atoms with Crippen LogP contribution in [-0.4, -0.2) is 25.8 Å². The summed E-state index contributed by atoms with van der Waals surface area (Å²) in [6.07, 6.45) is 7.49. The highest BCUT2D eigenvalue weighted by Gasteiger charge is 2.68. The number of carbonyl (C=O) groups excluding carboxylic acids is 1. The molecule has 0 spiro atoms. The molecule has 0 bridgehead atoms. The summed E-state index contributed by atoms with van der Waals surface area (Å²) in [5.41, 5.74) is -0.885. The van der Waals surface area contributed by atoms with Gasteiger partial charge in [-0.05, 0) is 73.5 Å². The van der Waals surface area contributed by atoms with E-state index >= 15 is 0 Å². The van der Waals surface area contributed by atoms with E-state index in [1.807, 2.05) is 0 Å². The van der Waals surface area contributed by atoms with Gasteiger partial charge in [0, 0.05) is 13.5 Å². The topological polar surface area (TPSA) is 83.1 Å². The average molecular weight is 385 g/mol. The van der Waals surface area contributed by atoms with Crippen molar-refractivity contribution in [3.05, 3.63) is 0 Å². The summed E-state index contributed by atoms with van der Waals surface area (Å²) in [5, 5.41) is 20.0. The SMILES string of the molecule is COCO[C@H]1CC[C@H]2[C@@H]3CCC4(C#N)C(C#N)C(=O)CC[C@]4(C)[C@H]3CC[C@]12C. The molecule has 0 aliphatic heterocycles. The number of hydrogen-bond acceptors (Lipinski definition) is 5. The lowest BCUT2D eigenvalue weighted by atomic mass is 9.38. The number of ether oxygens (including phenoxy) is 2. The monoisotopic (exact) mass is 384 g/mol. The van der Waals surface area contributed by atoms with E-state index in [-0.39, 0.29) is 22.7 Å². The molecule has 152 valence electrons. The zero-order valence-electron chi connectivity index (χ0n) is 17.4. The smallest absolute Gasteiger partial charge is 0.151 e. The molecule has 4 fully saturated rings. The maximum Gasteiger partial charge on any atom is 0.151 e. The molecule has 0 radical (unpaired) electrons. The van der Waals surface area contributed by atoms with Crippen LogP contribution in [0.5, 0.6) is 0 Å². The zero-order chi connectivity index (χ0) is 20.2. The van der Waals surface area contributed by atoms with Gasteiger partial charge in [-0.2, -0.15) is 10.5 Å². The number of nitrogens with zero attached hydrogens (tertiary/aromatic N) is 2. The first kappa shape index (κ1) is 19.9. The largest absolute Gasteiger partial charge is 0.359 e. The number of rotatable bonds is 3. The third kappa shape index (κ3) is 2.39. The molecule has 0 aromatic carbocycles. The molecule has 0 amide bonds. The van der Waals surface area contributed by atoms with E-state index in [4.69, 9.17) is 9.47 Å². The summed E-state index contributed by atoms with van der Waals surface area (Å²) in [4.78, 5) is 12.5. The maximum absolute atomic E-state index is 12.5. The van der Waals surface area contributed by atoms with E-state index in [0.29, 0.717) is 37.4 Å². The quantitative estimate of drug-likeness (QED) is 0.680. The lowest BCUT2D eigenvalue weighted by Crippen LogP contribution is -2.61. The van der Waals surface area contributed by atoms with E-state index in [9.17, 15) is 15.3 Å². The third-order valence-electron chi connectivity index (χ3n) is 9.48. The fraction of sp³-hybridized carbons (Fsp3) is 0.870. The van der Waals surface area contributed by atoms with Gasteiger partial charge in [-0.25, -0.2) is 0 Å². The van der Waals surface area contributed by atoms with Crippen molar-refractivity contribution in [1.29, 1.82) is 10.5 Å². The van der Waals surface area contributed by atoms with Crippen molar-refractivity contribution in [3.8, 4) is 12.1 Å². The molecule has 0 saturated heterocycles. The Bertz CT molecular complexity index is 739. The Morgan fingerprint density at radius 3 is 2.54 bits per heavy atom. The van der Waals surface area contributed by atoms with Crippen LogP contribution in [0.4, 0.5) is 0 Å². The molecule has 0 aromatic heterocycles. The first-order valence-corrected chi connectivity index (χ1v) is 10.8. The lowest BCUT2D eigenvalue weighted by molar-refractivity contribution is -0.175. The van der Waals surface area contributed by atoms with E-state index in [1.165, 1.54) is 6.42 Å². The predicted molar refractivity (Wildman–Crippen MR) is 103 cm³/mol. The molecule has 4 saturated carbocycles. The minimum atomic E-state index is -0.809. The van der Waals surface area contributed by atoms with Gasteiger partial charge in [0.15, 0.2) is 5.78 Å². The summed E-state index contributed by atoms with van der Waals surface area (Å²) >= 11 is 0. The Kier molecular flexibility index (Phi) is 4.84. The van der Waals surface area contributed by atoms with Crippen molar-refractivity contribution in [2.75, 3.05) is 13.9 Å². The Labute approximate surface area is 168 Å². The molecule has 0 aromatic rings. The van der Waals surface area contributed by atoms with Gasteiger partial charge in [0.2, 0.25) is 0 Å². The van der Waals surface area contributed by atoms with E-state index in [1.54, 1.807) is 7.11 Å². The number of nitriles is 2. The minimum Gasteiger partial charge on any atom is -0.359 e. The first-order chi connectivity index (χ1) is 13.4. The minimum absolute atomic E-state index is 0.0190. The van der Waals surface area contributed by atoms with Crippen molar-refractivity contribution < 1.29 is 14.3 Å². The summed E-state index contributed by atoms with van der Waals surface area (Å²) in [6, 6.07) is 4.79. The lowest BCUT2D eigenvalue weighted by Gasteiger charge is -2.63. The fourth-order valence-electron chi connectivity index (χ4n) is 7.98. The number of fused-ring (bicyclic) bond motifs is 5.